The van der Waals surface area contributed by atoms with Crippen LogP contribution < -0.4 is 5.32 Å². The molecule has 0 aliphatic rings. The highest BCUT2D eigenvalue weighted by Crippen LogP contribution is 2.23. The number of carbonyl (C=O) groups is 2. The molecule has 134 valence electrons. The summed E-state index contributed by atoms with van der Waals surface area (Å²) in [7, 11) is 0. The largest absolute Gasteiger partial charge is 0.451 e. The zero-order chi connectivity index (χ0) is 19.1. The highest BCUT2D eigenvalue weighted by molar-refractivity contribution is 7.13. The third-order valence-corrected chi connectivity index (χ3v) is 4.48. The summed E-state index contributed by atoms with van der Waals surface area (Å²) in [5.41, 5.74) is 2.52. The monoisotopic (exact) mass is 377 g/mol. The zero-order valence-electron chi connectivity index (χ0n) is 14.2. The van der Waals surface area contributed by atoms with Crippen molar-refractivity contribution in [3.05, 3.63) is 71.2 Å². The Hall–Kier alpha value is -3.50. The average molecular weight is 377 g/mol. The second-order valence-corrected chi connectivity index (χ2v) is 6.42. The lowest BCUT2D eigenvalue weighted by atomic mass is 10.1. The van der Waals surface area contributed by atoms with E-state index in [1.54, 1.807) is 29.6 Å². The molecule has 6 nitrogen and oxygen atoms in total. The van der Waals surface area contributed by atoms with Crippen LogP contribution in [0.25, 0.3) is 10.6 Å². The van der Waals surface area contributed by atoms with Crippen LogP contribution >= 0.6 is 11.3 Å². The van der Waals surface area contributed by atoms with Gasteiger partial charge in [-0.1, -0.05) is 42.5 Å². The van der Waals surface area contributed by atoms with Crippen molar-refractivity contribution >= 4 is 28.9 Å². The van der Waals surface area contributed by atoms with Crippen LogP contribution in [0.1, 0.15) is 16.1 Å². The number of amides is 1. The van der Waals surface area contributed by atoms with Crippen LogP contribution in [0.5, 0.6) is 0 Å². The maximum atomic E-state index is 12.1. The number of nitrogens with one attached hydrogen (secondary N) is 1. The van der Waals surface area contributed by atoms with E-state index in [0.29, 0.717) is 17.1 Å². The number of rotatable bonds is 6. The van der Waals surface area contributed by atoms with Crippen LogP contribution in [0.15, 0.2) is 60.0 Å². The van der Waals surface area contributed by atoms with E-state index in [1.165, 1.54) is 11.3 Å². The SMILES string of the molecule is N#CCc1ccc(NC(=O)COC(=O)c2csc(-c3ccccc3)n2)cc1. The summed E-state index contributed by atoms with van der Waals surface area (Å²) < 4.78 is 5.02. The molecule has 3 rings (SSSR count). The summed E-state index contributed by atoms with van der Waals surface area (Å²) in [6.45, 7) is -0.406. The number of aromatic nitrogens is 1. The van der Waals surface area contributed by atoms with Gasteiger partial charge in [-0.3, -0.25) is 4.79 Å². The van der Waals surface area contributed by atoms with Gasteiger partial charge in [0.25, 0.3) is 5.91 Å². The van der Waals surface area contributed by atoms with Gasteiger partial charge in [0.2, 0.25) is 0 Å². The van der Waals surface area contributed by atoms with Crippen LogP contribution in [-0.2, 0) is 16.0 Å². The van der Waals surface area contributed by atoms with E-state index < -0.39 is 18.5 Å². The first-order valence-electron chi connectivity index (χ1n) is 8.09. The standard InChI is InChI=1S/C20H15N3O3S/c21-11-10-14-6-8-16(9-7-14)22-18(24)12-26-20(25)17-13-27-19(23-17)15-4-2-1-3-5-15/h1-9,13H,10,12H2,(H,22,24). The lowest BCUT2D eigenvalue weighted by Crippen LogP contribution is -2.21. The minimum atomic E-state index is -0.645. The first kappa shape index (κ1) is 18.3. The predicted molar refractivity (Wildman–Crippen MR) is 102 cm³/mol. The molecule has 1 N–H and O–H groups in total. The topological polar surface area (TPSA) is 92.1 Å². The second kappa shape index (κ2) is 8.74. The maximum Gasteiger partial charge on any atom is 0.358 e. The molecule has 0 fully saturated rings. The summed E-state index contributed by atoms with van der Waals surface area (Å²) in [5.74, 6) is -1.09. The number of thiazole rings is 1. The molecule has 0 bridgehead atoms. The van der Waals surface area contributed by atoms with Crippen molar-refractivity contribution in [1.29, 1.82) is 5.26 Å². The van der Waals surface area contributed by atoms with E-state index in [2.05, 4.69) is 16.4 Å². The molecule has 1 amide bonds. The van der Waals surface area contributed by atoms with E-state index in [9.17, 15) is 9.59 Å². The third kappa shape index (κ3) is 5.00. The third-order valence-electron chi connectivity index (χ3n) is 3.59. The van der Waals surface area contributed by atoms with Crippen molar-refractivity contribution in [2.45, 2.75) is 6.42 Å². The molecular formula is C20H15N3O3S. The summed E-state index contributed by atoms with van der Waals surface area (Å²) in [6.07, 6.45) is 0.310. The van der Waals surface area contributed by atoms with Gasteiger partial charge in [0.15, 0.2) is 12.3 Å². The maximum absolute atomic E-state index is 12.1. The fourth-order valence-electron chi connectivity index (χ4n) is 2.28. The summed E-state index contributed by atoms with van der Waals surface area (Å²) in [4.78, 5) is 28.3. The Morgan fingerprint density at radius 3 is 2.56 bits per heavy atom. The van der Waals surface area contributed by atoms with E-state index in [-0.39, 0.29) is 5.69 Å². The molecule has 0 saturated carbocycles. The molecular weight excluding hydrogens is 362 g/mol. The van der Waals surface area contributed by atoms with Crippen LogP contribution in [0.3, 0.4) is 0 Å². The van der Waals surface area contributed by atoms with Gasteiger partial charge in [-0.2, -0.15) is 5.26 Å². The summed E-state index contributed by atoms with van der Waals surface area (Å²) in [6, 6.07) is 18.5. The predicted octanol–water partition coefficient (Wildman–Crippen LogP) is 3.67. The Bertz CT molecular complexity index is 976. The molecule has 0 aliphatic heterocycles. The molecule has 2 aromatic carbocycles. The van der Waals surface area contributed by atoms with Gasteiger partial charge in [0, 0.05) is 16.6 Å². The van der Waals surface area contributed by atoms with E-state index in [0.717, 1.165) is 11.1 Å². The van der Waals surface area contributed by atoms with Crippen LogP contribution in [0.4, 0.5) is 5.69 Å². The lowest BCUT2D eigenvalue weighted by molar-refractivity contribution is -0.119. The van der Waals surface area contributed by atoms with E-state index >= 15 is 0 Å². The number of nitrogens with zero attached hydrogens (tertiary/aromatic N) is 2. The Morgan fingerprint density at radius 2 is 1.85 bits per heavy atom. The van der Waals surface area contributed by atoms with Crippen molar-refractivity contribution in [2.75, 3.05) is 11.9 Å². The first-order valence-corrected chi connectivity index (χ1v) is 8.97. The van der Waals surface area contributed by atoms with Gasteiger partial charge in [-0.15, -0.1) is 11.3 Å². The van der Waals surface area contributed by atoms with E-state index in [1.807, 2.05) is 30.3 Å². The van der Waals surface area contributed by atoms with Gasteiger partial charge in [0.1, 0.15) is 5.01 Å². The molecule has 3 aromatic rings. The molecule has 27 heavy (non-hydrogen) atoms. The van der Waals surface area contributed by atoms with Crippen molar-refractivity contribution in [2.24, 2.45) is 0 Å². The lowest BCUT2D eigenvalue weighted by Gasteiger charge is -2.06. The van der Waals surface area contributed by atoms with Crippen LogP contribution in [0, 0.1) is 11.3 Å². The highest BCUT2D eigenvalue weighted by Gasteiger charge is 2.15. The molecule has 0 unspecified atom stereocenters. The number of ether oxygens (including phenoxy) is 1. The van der Waals surface area contributed by atoms with Crippen molar-refractivity contribution in [3.63, 3.8) is 0 Å². The molecule has 7 heteroatoms. The van der Waals surface area contributed by atoms with Gasteiger partial charge >= 0.3 is 5.97 Å². The van der Waals surface area contributed by atoms with Crippen molar-refractivity contribution in [3.8, 4) is 16.6 Å². The fourth-order valence-corrected chi connectivity index (χ4v) is 3.08. The number of nitriles is 1. The Kier molecular flexibility index (Phi) is 5.92. The van der Waals surface area contributed by atoms with Gasteiger partial charge < -0.3 is 10.1 Å². The number of hydrogen-bond acceptors (Lipinski definition) is 6. The average Bonchev–Trinajstić information content (AvgIpc) is 3.19. The molecule has 0 radical (unpaired) electrons. The quantitative estimate of drug-likeness (QED) is 0.662. The molecule has 0 spiro atoms. The van der Waals surface area contributed by atoms with Crippen LogP contribution in [0.2, 0.25) is 0 Å². The molecule has 0 atom stereocenters. The van der Waals surface area contributed by atoms with Crippen molar-refractivity contribution < 1.29 is 14.3 Å². The Balaban J connectivity index is 1.52. The summed E-state index contributed by atoms with van der Waals surface area (Å²) in [5, 5.41) is 13.6. The number of anilines is 1. The highest BCUT2D eigenvalue weighted by atomic mass is 32.1. The Morgan fingerprint density at radius 1 is 1.11 bits per heavy atom. The minimum Gasteiger partial charge on any atom is -0.451 e. The number of carbonyl (C=O) groups excluding carboxylic acids is 2. The van der Waals surface area contributed by atoms with Gasteiger partial charge in [0.05, 0.1) is 12.5 Å². The number of benzene rings is 2. The molecule has 0 aliphatic carbocycles. The minimum absolute atomic E-state index is 0.174. The fraction of sp³-hybridized carbons (Fsp3) is 0.100. The normalized spacial score (nSPS) is 10.0. The molecule has 1 heterocycles. The Labute approximate surface area is 160 Å². The summed E-state index contributed by atoms with van der Waals surface area (Å²) >= 11 is 1.34. The molecule has 1 aromatic heterocycles. The zero-order valence-corrected chi connectivity index (χ0v) is 15.0. The molecule has 0 saturated heterocycles. The van der Waals surface area contributed by atoms with Crippen molar-refractivity contribution in [1.82, 2.24) is 4.98 Å². The van der Waals surface area contributed by atoms with Gasteiger partial charge in [-0.05, 0) is 17.7 Å². The smallest absolute Gasteiger partial charge is 0.358 e. The van der Waals surface area contributed by atoms with Gasteiger partial charge in [-0.25, -0.2) is 9.78 Å². The van der Waals surface area contributed by atoms with Crippen LogP contribution in [-0.4, -0.2) is 23.5 Å². The number of esters is 1. The first-order chi connectivity index (χ1) is 13.2. The number of hydrogen-bond donors (Lipinski definition) is 1. The second-order valence-electron chi connectivity index (χ2n) is 5.56. The van der Waals surface area contributed by atoms with E-state index in [4.69, 9.17) is 10.00 Å².